The zero-order valence-electron chi connectivity index (χ0n) is 19.1. The third-order valence-electron chi connectivity index (χ3n) is 6.03. The molecule has 0 amide bonds. The van der Waals surface area contributed by atoms with Crippen molar-refractivity contribution in [2.45, 2.75) is 37.9 Å². The SMILES string of the molecule is Cc1cccc2c1CN(S(=O)(=O)C(F)(F)F)CC(CCc1ccccc1)N2C(=S)c1ncc(Br)cn1. The zero-order valence-corrected chi connectivity index (χ0v) is 22.3. The highest BCUT2D eigenvalue weighted by Crippen LogP contribution is 2.37. The van der Waals surface area contributed by atoms with Crippen LogP contribution in [-0.4, -0.2) is 45.8 Å². The Hall–Kier alpha value is -2.41. The van der Waals surface area contributed by atoms with Crippen LogP contribution in [0.25, 0.3) is 0 Å². The van der Waals surface area contributed by atoms with Crippen LogP contribution in [0.15, 0.2) is 65.4 Å². The van der Waals surface area contributed by atoms with Gasteiger partial charge in [0.1, 0.15) is 0 Å². The summed E-state index contributed by atoms with van der Waals surface area (Å²) in [7, 11) is -5.59. The molecule has 0 N–H and O–H groups in total. The van der Waals surface area contributed by atoms with Crippen LogP contribution in [0.1, 0.15) is 28.9 Å². The van der Waals surface area contributed by atoms with Gasteiger partial charge in [0.25, 0.3) is 0 Å². The average Bonchev–Trinajstić information content (AvgIpc) is 3.01. The molecule has 0 bridgehead atoms. The summed E-state index contributed by atoms with van der Waals surface area (Å²) in [5.74, 6) is 0.220. The number of fused-ring (bicyclic) bond motifs is 1. The second-order valence-electron chi connectivity index (χ2n) is 8.39. The van der Waals surface area contributed by atoms with Gasteiger partial charge in [-0.25, -0.2) is 18.4 Å². The molecule has 1 atom stereocenters. The summed E-state index contributed by atoms with van der Waals surface area (Å²) < 4.78 is 67.4. The highest BCUT2D eigenvalue weighted by molar-refractivity contribution is 9.10. The van der Waals surface area contributed by atoms with Crippen LogP contribution in [0.3, 0.4) is 0 Å². The molecule has 0 saturated heterocycles. The third-order valence-corrected chi connectivity index (χ3v) is 8.36. The summed E-state index contributed by atoms with van der Waals surface area (Å²) in [6.07, 6.45) is 3.91. The maximum Gasteiger partial charge on any atom is 0.511 e. The van der Waals surface area contributed by atoms with Crippen LogP contribution < -0.4 is 4.90 Å². The van der Waals surface area contributed by atoms with Crippen LogP contribution >= 0.6 is 28.1 Å². The Labute approximate surface area is 221 Å². The molecule has 1 aromatic heterocycles. The maximum absolute atomic E-state index is 13.7. The second-order valence-corrected chi connectivity index (χ2v) is 11.6. The van der Waals surface area contributed by atoms with Gasteiger partial charge in [0.2, 0.25) is 0 Å². The summed E-state index contributed by atoms with van der Waals surface area (Å²) in [5, 5.41) is 0. The number of benzene rings is 2. The molecule has 1 aliphatic rings. The smallest absolute Gasteiger partial charge is 0.325 e. The molecular formula is C24H22BrF3N4O2S2. The predicted octanol–water partition coefficient (Wildman–Crippen LogP) is 5.40. The van der Waals surface area contributed by atoms with Gasteiger partial charge in [0, 0.05) is 37.2 Å². The first-order valence-electron chi connectivity index (χ1n) is 11.0. The van der Waals surface area contributed by atoms with Gasteiger partial charge >= 0.3 is 15.5 Å². The van der Waals surface area contributed by atoms with E-state index in [1.54, 1.807) is 30.0 Å². The number of aromatic nitrogens is 2. The molecule has 1 unspecified atom stereocenters. The molecule has 3 aromatic rings. The summed E-state index contributed by atoms with van der Waals surface area (Å²) in [6.45, 7) is 0.907. The fourth-order valence-electron chi connectivity index (χ4n) is 4.21. The van der Waals surface area contributed by atoms with E-state index in [0.29, 0.717) is 38.4 Å². The van der Waals surface area contributed by atoms with Crippen LogP contribution in [0.5, 0.6) is 0 Å². The lowest BCUT2D eigenvalue weighted by atomic mass is 10.0. The Balaban J connectivity index is 1.84. The number of halogens is 4. The Bertz CT molecular complexity index is 1350. The maximum atomic E-state index is 13.7. The number of thiocarbonyl (C=S) groups is 1. The molecule has 2 aromatic carbocycles. The van der Waals surface area contributed by atoms with Crippen molar-refractivity contribution >= 4 is 48.8 Å². The number of alkyl halides is 3. The van der Waals surface area contributed by atoms with Crippen molar-refractivity contribution < 1.29 is 21.6 Å². The number of nitrogens with zero attached hydrogens (tertiary/aromatic N) is 4. The Kier molecular flexibility index (Phi) is 7.79. The quantitative estimate of drug-likeness (QED) is 0.367. The normalized spacial score (nSPS) is 16.9. The van der Waals surface area contributed by atoms with Gasteiger partial charge in [-0.15, -0.1) is 0 Å². The number of aryl methyl sites for hydroxylation is 2. The van der Waals surface area contributed by atoms with Crippen molar-refractivity contribution in [3.63, 3.8) is 0 Å². The lowest BCUT2D eigenvalue weighted by Crippen LogP contribution is -2.49. The average molecular weight is 599 g/mol. The lowest BCUT2D eigenvalue weighted by Gasteiger charge is -2.34. The summed E-state index contributed by atoms with van der Waals surface area (Å²) in [4.78, 5) is 10.5. The molecule has 0 aliphatic carbocycles. The summed E-state index contributed by atoms with van der Waals surface area (Å²) >= 11 is 9.06. The van der Waals surface area contributed by atoms with E-state index in [9.17, 15) is 21.6 Å². The van der Waals surface area contributed by atoms with Crippen molar-refractivity contribution in [2.24, 2.45) is 0 Å². The largest absolute Gasteiger partial charge is 0.511 e. The number of hydrogen-bond acceptors (Lipinski definition) is 5. The van der Waals surface area contributed by atoms with E-state index in [2.05, 4.69) is 25.9 Å². The molecule has 4 rings (SSSR count). The van der Waals surface area contributed by atoms with Crippen molar-refractivity contribution in [2.75, 3.05) is 11.4 Å². The van der Waals surface area contributed by atoms with E-state index in [-0.39, 0.29) is 10.8 Å². The molecule has 190 valence electrons. The topological polar surface area (TPSA) is 66.4 Å². The molecule has 0 fully saturated rings. The highest BCUT2D eigenvalue weighted by Gasteiger charge is 2.51. The summed E-state index contributed by atoms with van der Waals surface area (Å²) in [5.41, 5.74) is -2.80. The first-order valence-corrected chi connectivity index (χ1v) is 13.6. The molecule has 1 aliphatic heterocycles. The molecule has 12 heteroatoms. The van der Waals surface area contributed by atoms with E-state index >= 15 is 0 Å². The van der Waals surface area contributed by atoms with Gasteiger partial charge in [-0.1, -0.05) is 54.7 Å². The van der Waals surface area contributed by atoms with Crippen LogP contribution in [0.2, 0.25) is 0 Å². The minimum absolute atomic E-state index is 0.207. The molecule has 6 nitrogen and oxygen atoms in total. The van der Waals surface area contributed by atoms with E-state index in [1.807, 2.05) is 30.3 Å². The van der Waals surface area contributed by atoms with Crippen molar-refractivity contribution in [1.82, 2.24) is 14.3 Å². The fraction of sp³-hybridized carbons (Fsp3) is 0.292. The lowest BCUT2D eigenvalue weighted by molar-refractivity contribution is -0.0492. The van der Waals surface area contributed by atoms with Crippen molar-refractivity contribution in [3.8, 4) is 0 Å². The molecule has 2 heterocycles. The predicted molar refractivity (Wildman–Crippen MR) is 139 cm³/mol. The standard InChI is InChI=1S/C24H22BrF3N4O2S2/c1-16-6-5-9-21-20(16)15-31(36(33,34)24(26,27)28)14-19(11-10-17-7-3-2-4-8-17)32(21)23(35)22-29-12-18(25)13-30-22/h2-9,12-13,19H,10-11,14-15H2,1H3. The highest BCUT2D eigenvalue weighted by atomic mass is 79.9. The first-order chi connectivity index (χ1) is 17.0. The van der Waals surface area contributed by atoms with Gasteiger partial charge in [0.05, 0.1) is 4.47 Å². The monoisotopic (exact) mass is 598 g/mol. The van der Waals surface area contributed by atoms with Gasteiger partial charge in [-0.2, -0.15) is 17.5 Å². The minimum atomic E-state index is -5.59. The molecule has 0 saturated carbocycles. The minimum Gasteiger partial charge on any atom is -0.325 e. The van der Waals surface area contributed by atoms with E-state index < -0.39 is 34.7 Å². The van der Waals surface area contributed by atoms with Gasteiger partial charge in [-0.3, -0.25) is 0 Å². The van der Waals surface area contributed by atoms with Crippen LogP contribution in [-0.2, 0) is 23.0 Å². The third kappa shape index (κ3) is 5.46. The van der Waals surface area contributed by atoms with Gasteiger partial charge < -0.3 is 4.90 Å². The summed E-state index contributed by atoms with van der Waals surface area (Å²) in [6, 6.07) is 14.0. The Morgan fingerprint density at radius 2 is 1.78 bits per heavy atom. The number of anilines is 1. The van der Waals surface area contributed by atoms with Crippen LogP contribution in [0, 0.1) is 6.92 Å². The van der Waals surface area contributed by atoms with Crippen molar-refractivity contribution in [3.05, 3.63) is 87.9 Å². The Morgan fingerprint density at radius 3 is 2.42 bits per heavy atom. The van der Waals surface area contributed by atoms with Crippen LogP contribution in [0.4, 0.5) is 18.9 Å². The van der Waals surface area contributed by atoms with Gasteiger partial charge in [-0.05, 0) is 58.5 Å². The van der Waals surface area contributed by atoms with Crippen molar-refractivity contribution in [1.29, 1.82) is 0 Å². The zero-order chi connectivity index (χ0) is 26.1. The Morgan fingerprint density at radius 1 is 1.11 bits per heavy atom. The number of hydrogen-bond donors (Lipinski definition) is 0. The molecule has 0 radical (unpaired) electrons. The number of sulfonamides is 1. The van der Waals surface area contributed by atoms with E-state index in [4.69, 9.17) is 12.2 Å². The molecular weight excluding hydrogens is 577 g/mol. The second kappa shape index (κ2) is 10.5. The molecule has 36 heavy (non-hydrogen) atoms. The fourth-order valence-corrected chi connectivity index (χ4v) is 5.72. The van der Waals surface area contributed by atoms with Gasteiger partial charge in [0.15, 0.2) is 10.8 Å². The number of rotatable bonds is 5. The van der Waals surface area contributed by atoms with E-state index in [1.165, 1.54) is 12.4 Å². The van der Waals surface area contributed by atoms with E-state index in [0.717, 1.165) is 5.56 Å². The first kappa shape index (κ1) is 26.6. The molecule has 0 spiro atoms.